The van der Waals surface area contributed by atoms with Gasteiger partial charge in [-0.05, 0) is 67.7 Å². The van der Waals surface area contributed by atoms with Crippen molar-refractivity contribution in [3.8, 4) is 5.75 Å². The molecule has 10 amide bonds. The average Bonchev–Trinajstić information content (AvgIpc) is 3.90. The Morgan fingerprint density at radius 2 is 1.40 bits per heavy atom. The molecule has 1 spiro atoms. The molecule has 2 aromatic carbocycles. The van der Waals surface area contributed by atoms with Crippen molar-refractivity contribution in [2.24, 2.45) is 33.8 Å². The first-order chi connectivity index (χ1) is 37.2. The van der Waals surface area contributed by atoms with Gasteiger partial charge in [0.1, 0.15) is 48.0 Å². The molecule has 1 saturated carbocycles. The molecule has 2 heterocycles. The molecule has 26 heteroatoms. The van der Waals surface area contributed by atoms with Gasteiger partial charge in [0, 0.05) is 42.9 Å². The standard InChI is InChI=1S/C52H75N13O11S2/c1-30(2)43-49(74)62-37(26-40(53)66)46(71)63-38(50(75)65-23-11-15-39(65)48(73)60-34(14-10-22-57-51(55)56)44(69)58-28-41(54)67)29-77-78-52(20-8-5-9-21-52)27-42(68)59-35(25-32-16-18-33(76-3)19-17-32)45(70)61-36(47(72)64-43)24-31-12-6-4-7-13-31/h4,6-7,12-13,16-19,30,34-39,43H,5,8-11,14-15,20-29H2,1-3H3,(H2,53,66)(H2,54,67)(H,58,69)(H,59,68)(H,60,73)(H,61,70)(H,62,74)(H,63,71)(H,64,72)(H4,55,56,57)/t34-,35+,36+,37+,38+,39-,43-/m0/s1. The highest BCUT2D eigenvalue weighted by molar-refractivity contribution is 8.77. The third-order valence-corrected chi connectivity index (χ3v) is 17.0. The average molecular weight is 1120 g/mol. The number of methoxy groups -OCH3 is 1. The summed E-state index contributed by atoms with van der Waals surface area (Å²) in [7, 11) is 4.11. The van der Waals surface area contributed by atoms with Gasteiger partial charge in [-0.1, -0.05) is 97.2 Å². The molecular weight excluding hydrogens is 1050 g/mol. The van der Waals surface area contributed by atoms with Crippen LogP contribution in [0.1, 0.15) is 95.6 Å². The minimum Gasteiger partial charge on any atom is -0.497 e. The molecule has 0 radical (unpaired) electrons. The number of nitrogens with one attached hydrogen (secondary N) is 7. The fraction of sp³-hybridized carbons (Fsp3) is 0.558. The zero-order chi connectivity index (χ0) is 56.9. The Balaban J connectivity index is 1.52. The van der Waals surface area contributed by atoms with E-state index in [1.54, 1.807) is 68.4 Å². The van der Waals surface area contributed by atoms with Crippen molar-refractivity contribution in [3.63, 3.8) is 0 Å². The van der Waals surface area contributed by atoms with E-state index in [0.717, 1.165) is 19.3 Å². The van der Waals surface area contributed by atoms with E-state index in [4.69, 9.17) is 27.7 Å². The second kappa shape index (κ2) is 30.2. The summed E-state index contributed by atoms with van der Waals surface area (Å²) in [4.78, 5) is 144. The molecule has 0 bridgehead atoms. The SMILES string of the molecule is COc1ccc(C[C@H]2NC(=O)CC3(CCCCC3)SSC[C@H](C(=O)N3CCC[C@H]3C(=O)N[C@@H](CCCN=C(N)N)C(=O)NCC(N)=O)NC(=O)[C@@H](CC(N)=O)NC(=O)[C@H](C(C)C)NC(=O)[C@@H](Cc3ccccc3)NC2=O)cc1. The zero-order valence-electron chi connectivity index (χ0n) is 44.3. The summed E-state index contributed by atoms with van der Waals surface area (Å²) in [5.74, 6) is -7.93. The lowest BCUT2D eigenvalue weighted by Crippen LogP contribution is -2.61. The smallest absolute Gasteiger partial charge is 0.246 e. The second-order valence-electron chi connectivity index (χ2n) is 20.1. The number of likely N-dealkylation sites (tertiary alicyclic amines) is 1. The summed E-state index contributed by atoms with van der Waals surface area (Å²) >= 11 is 0. The van der Waals surface area contributed by atoms with Gasteiger partial charge in [0.05, 0.1) is 20.1 Å². The summed E-state index contributed by atoms with van der Waals surface area (Å²) in [5.41, 5.74) is 23.2. The maximum absolute atomic E-state index is 14.9. The first kappa shape index (κ1) is 61.8. The quantitative estimate of drug-likeness (QED) is 0.0371. The van der Waals surface area contributed by atoms with Crippen LogP contribution in [-0.2, 0) is 60.8 Å². The van der Waals surface area contributed by atoms with Crippen LogP contribution in [-0.4, -0.2) is 149 Å². The molecule has 426 valence electrons. The molecule has 5 rings (SSSR count). The number of guanidine groups is 1. The van der Waals surface area contributed by atoms with E-state index >= 15 is 0 Å². The molecule has 2 saturated heterocycles. The molecule has 7 atom stereocenters. The third kappa shape index (κ3) is 19.1. The van der Waals surface area contributed by atoms with Gasteiger partial charge >= 0.3 is 0 Å². The Hall–Kier alpha value is -7.09. The number of nitrogens with zero attached hydrogens (tertiary/aromatic N) is 2. The van der Waals surface area contributed by atoms with E-state index in [1.807, 2.05) is 0 Å². The predicted molar refractivity (Wildman–Crippen MR) is 294 cm³/mol. The fourth-order valence-electron chi connectivity index (χ4n) is 9.54. The number of benzene rings is 2. The molecule has 3 fully saturated rings. The molecule has 3 aliphatic rings. The molecule has 1 aliphatic carbocycles. The number of carbonyl (C=O) groups is 10. The Morgan fingerprint density at radius 3 is 2.03 bits per heavy atom. The highest BCUT2D eigenvalue weighted by atomic mass is 33.1. The Morgan fingerprint density at radius 1 is 0.769 bits per heavy atom. The van der Waals surface area contributed by atoms with Crippen molar-refractivity contribution in [3.05, 3.63) is 65.7 Å². The number of primary amides is 2. The Labute approximate surface area is 461 Å². The van der Waals surface area contributed by atoms with Crippen molar-refractivity contribution in [2.75, 3.05) is 32.5 Å². The molecule has 24 nitrogen and oxygen atoms in total. The number of carbonyl (C=O) groups excluding carboxylic acids is 10. The van der Waals surface area contributed by atoms with Crippen LogP contribution in [0, 0.1) is 5.92 Å². The van der Waals surface area contributed by atoms with Gasteiger partial charge in [-0.15, -0.1) is 0 Å². The van der Waals surface area contributed by atoms with Gasteiger partial charge in [-0.25, -0.2) is 0 Å². The fourth-order valence-corrected chi connectivity index (χ4v) is 12.9. The second-order valence-corrected chi connectivity index (χ2v) is 22.9. The van der Waals surface area contributed by atoms with E-state index in [9.17, 15) is 47.9 Å². The minimum absolute atomic E-state index is 0.0136. The minimum atomic E-state index is -1.66. The summed E-state index contributed by atoms with van der Waals surface area (Å²) in [6, 6.07) is 6.71. The monoisotopic (exact) mass is 1120 g/mol. The van der Waals surface area contributed by atoms with Crippen molar-refractivity contribution in [1.82, 2.24) is 42.1 Å². The number of hydrogen-bond donors (Lipinski definition) is 11. The molecular formula is C52H75N13O11S2. The van der Waals surface area contributed by atoms with Crippen molar-refractivity contribution >= 4 is 86.6 Å². The largest absolute Gasteiger partial charge is 0.497 e. The van der Waals surface area contributed by atoms with Gasteiger partial charge in [0.15, 0.2) is 5.96 Å². The van der Waals surface area contributed by atoms with Crippen LogP contribution in [0.5, 0.6) is 5.75 Å². The lowest BCUT2D eigenvalue weighted by Gasteiger charge is -2.37. The topological polar surface area (TPSA) is 384 Å². The van der Waals surface area contributed by atoms with E-state index in [0.29, 0.717) is 36.1 Å². The highest BCUT2D eigenvalue weighted by Gasteiger charge is 2.42. The molecule has 78 heavy (non-hydrogen) atoms. The Bertz CT molecular complexity index is 2480. The first-order valence-electron chi connectivity index (χ1n) is 26.2. The van der Waals surface area contributed by atoms with Gasteiger partial charge in [-0.2, -0.15) is 0 Å². The highest BCUT2D eigenvalue weighted by Crippen LogP contribution is 2.48. The van der Waals surface area contributed by atoms with Gasteiger partial charge in [0.2, 0.25) is 59.1 Å². The molecule has 2 aromatic rings. The zero-order valence-corrected chi connectivity index (χ0v) is 46.0. The van der Waals surface area contributed by atoms with Crippen LogP contribution in [0.15, 0.2) is 59.6 Å². The van der Waals surface area contributed by atoms with Crippen LogP contribution in [0.2, 0.25) is 0 Å². The summed E-state index contributed by atoms with van der Waals surface area (Å²) in [6.07, 6.45) is 3.75. The number of ether oxygens (including phenoxy) is 1. The number of nitrogens with two attached hydrogens (primary N) is 4. The third-order valence-electron chi connectivity index (χ3n) is 13.6. The number of hydrogen-bond acceptors (Lipinski definition) is 14. The van der Waals surface area contributed by atoms with Crippen molar-refractivity contribution in [2.45, 2.75) is 144 Å². The van der Waals surface area contributed by atoms with E-state index in [2.05, 4.69) is 42.2 Å². The van der Waals surface area contributed by atoms with Gasteiger partial charge in [-0.3, -0.25) is 52.9 Å². The number of amides is 10. The van der Waals surface area contributed by atoms with E-state index in [-0.39, 0.29) is 63.3 Å². The normalized spacial score (nSPS) is 23.0. The lowest BCUT2D eigenvalue weighted by molar-refractivity contribution is -0.142. The predicted octanol–water partition coefficient (Wildman–Crippen LogP) is -0.945. The van der Waals surface area contributed by atoms with Crippen molar-refractivity contribution in [1.29, 1.82) is 0 Å². The molecule has 15 N–H and O–H groups in total. The Kier molecular flexibility index (Phi) is 23.9. The lowest BCUT2D eigenvalue weighted by atomic mass is 9.85. The van der Waals surface area contributed by atoms with Crippen LogP contribution < -0.4 is 64.9 Å². The van der Waals surface area contributed by atoms with Crippen molar-refractivity contribution < 1.29 is 52.7 Å². The number of aliphatic imine (C=N–C) groups is 1. The van der Waals surface area contributed by atoms with E-state index in [1.165, 1.54) is 33.6 Å². The van der Waals surface area contributed by atoms with Crippen LogP contribution in [0.25, 0.3) is 0 Å². The molecule has 2 aliphatic heterocycles. The summed E-state index contributed by atoms with van der Waals surface area (Å²) < 4.78 is 4.63. The molecule has 0 aromatic heterocycles. The van der Waals surface area contributed by atoms with Gasteiger partial charge in [0.25, 0.3) is 0 Å². The summed E-state index contributed by atoms with van der Waals surface area (Å²) in [6.45, 7) is 2.98. The maximum Gasteiger partial charge on any atom is 0.246 e. The van der Waals surface area contributed by atoms with Crippen LogP contribution in [0.4, 0.5) is 0 Å². The van der Waals surface area contributed by atoms with Gasteiger partial charge < -0.3 is 69.8 Å². The van der Waals surface area contributed by atoms with Crippen LogP contribution in [0.3, 0.4) is 0 Å². The maximum atomic E-state index is 14.9. The molecule has 0 unspecified atom stereocenters. The first-order valence-corrected chi connectivity index (χ1v) is 28.5. The van der Waals surface area contributed by atoms with E-state index < -0.39 is 125 Å². The number of rotatable bonds is 18. The van der Waals surface area contributed by atoms with Crippen LogP contribution >= 0.6 is 21.6 Å². The summed E-state index contributed by atoms with van der Waals surface area (Å²) in [5, 5.41) is 19.0.